The van der Waals surface area contributed by atoms with Crippen molar-refractivity contribution in [1.82, 2.24) is 5.32 Å². The summed E-state index contributed by atoms with van der Waals surface area (Å²) in [5, 5.41) is 5.78. The van der Waals surface area contributed by atoms with E-state index in [4.69, 9.17) is 4.74 Å². The number of para-hydroxylation sites is 1. The fraction of sp³-hybridized carbons (Fsp3) is 0.200. The predicted octanol–water partition coefficient (Wildman–Crippen LogP) is 4.76. The smallest absolute Gasteiger partial charge is 0.262 e. The SMILES string of the molecule is CC(C)c1ccccc1NC(=O)COc1ccc(C(=O)NCc2ccccc2)cc1. The number of hydrogen-bond donors (Lipinski definition) is 2. The Morgan fingerprint density at radius 2 is 1.53 bits per heavy atom. The zero-order valence-electron chi connectivity index (χ0n) is 17.2. The molecule has 3 rings (SSSR count). The van der Waals surface area contributed by atoms with E-state index in [0.717, 1.165) is 16.8 Å². The van der Waals surface area contributed by atoms with Crippen LogP contribution in [0.15, 0.2) is 78.9 Å². The number of anilines is 1. The second kappa shape index (κ2) is 10.3. The Hall–Kier alpha value is -3.60. The third-order valence-electron chi connectivity index (χ3n) is 4.64. The van der Waals surface area contributed by atoms with Crippen molar-refractivity contribution in [1.29, 1.82) is 0 Å². The maximum atomic E-state index is 12.3. The molecule has 0 atom stereocenters. The van der Waals surface area contributed by atoms with E-state index in [1.165, 1.54) is 0 Å². The van der Waals surface area contributed by atoms with Crippen LogP contribution in [0.3, 0.4) is 0 Å². The molecule has 0 saturated carbocycles. The van der Waals surface area contributed by atoms with Gasteiger partial charge in [0.2, 0.25) is 0 Å². The number of nitrogens with one attached hydrogen (secondary N) is 2. The molecule has 154 valence electrons. The Kier molecular flexibility index (Phi) is 7.22. The molecule has 5 heteroatoms. The van der Waals surface area contributed by atoms with Crippen LogP contribution in [0.4, 0.5) is 5.69 Å². The van der Waals surface area contributed by atoms with Crippen molar-refractivity contribution in [3.05, 3.63) is 95.6 Å². The van der Waals surface area contributed by atoms with Gasteiger partial charge in [0, 0.05) is 17.8 Å². The summed E-state index contributed by atoms with van der Waals surface area (Å²) in [7, 11) is 0. The van der Waals surface area contributed by atoms with Gasteiger partial charge in [-0.3, -0.25) is 9.59 Å². The second-order valence-corrected chi connectivity index (χ2v) is 7.27. The summed E-state index contributed by atoms with van der Waals surface area (Å²) in [4.78, 5) is 24.5. The minimum absolute atomic E-state index is 0.105. The Labute approximate surface area is 177 Å². The highest BCUT2D eigenvalue weighted by Gasteiger charge is 2.10. The number of hydrogen-bond acceptors (Lipinski definition) is 3. The first-order valence-electron chi connectivity index (χ1n) is 9.96. The van der Waals surface area contributed by atoms with E-state index in [-0.39, 0.29) is 18.4 Å². The molecule has 3 aromatic rings. The monoisotopic (exact) mass is 402 g/mol. The molecule has 0 aliphatic rings. The van der Waals surface area contributed by atoms with E-state index in [0.29, 0.717) is 23.8 Å². The molecule has 30 heavy (non-hydrogen) atoms. The summed E-state index contributed by atoms with van der Waals surface area (Å²) in [5.41, 5.74) is 3.45. The van der Waals surface area contributed by atoms with Crippen LogP contribution < -0.4 is 15.4 Å². The molecule has 2 N–H and O–H groups in total. The molecule has 0 fully saturated rings. The molecule has 0 spiro atoms. The summed E-state index contributed by atoms with van der Waals surface area (Å²) in [6.07, 6.45) is 0. The first-order chi connectivity index (χ1) is 14.5. The lowest BCUT2D eigenvalue weighted by Crippen LogP contribution is -2.23. The average Bonchev–Trinajstić information content (AvgIpc) is 2.77. The van der Waals surface area contributed by atoms with Gasteiger partial charge in [-0.2, -0.15) is 0 Å². The van der Waals surface area contributed by atoms with Crippen molar-refractivity contribution >= 4 is 17.5 Å². The van der Waals surface area contributed by atoms with Gasteiger partial charge in [-0.05, 0) is 47.4 Å². The van der Waals surface area contributed by atoms with Crippen molar-refractivity contribution in [2.24, 2.45) is 0 Å². The molecule has 2 amide bonds. The molecule has 0 heterocycles. The summed E-state index contributed by atoms with van der Waals surface area (Å²) in [5.74, 6) is 0.450. The van der Waals surface area contributed by atoms with Crippen molar-refractivity contribution in [3.63, 3.8) is 0 Å². The Bertz CT molecular complexity index is 983. The van der Waals surface area contributed by atoms with Gasteiger partial charge < -0.3 is 15.4 Å². The first kappa shape index (κ1) is 21.1. The molecule has 0 aromatic heterocycles. The van der Waals surface area contributed by atoms with Gasteiger partial charge in [0.1, 0.15) is 5.75 Å². The normalized spacial score (nSPS) is 10.5. The van der Waals surface area contributed by atoms with Crippen molar-refractivity contribution in [2.45, 2.75) is 26.3 Å². The van der Waals surface area contributed by atoms with E-state index in [1.54, 1.807) is 24.3 Å². The molecule has 3 aromatic carbocycles. The van der Waals surface area contributed by atoms with E-state index in [2.05, 4.69) is 24.5 Å². The van der Waals surface area contributed by atoms with Crippen molar-refractivity contribution < 1.29 is 14.3 Å². The molecule has 0 bridgehead atoms. The van der Waals surface area contributed by atoms with Gasteiger partial charge in [0.05, 0.1) is 0 Å². The van der Waals surface area contributed by atoms with E-state index in [9.17, 15) is 9.59 Å². The van der Waals surface area contributed by atoms with Gasteiger partial charge in [-0.1, -0.05) is 62.4 Å². The topological polar surface area (TPSA) is 67.4 Å². The van der Waals surface area contributed by atoms with Crippen LogP contribution >= 0.6 is 0 Å². The highest BCUT2D eigenvalue weighted by Crippen LogP contribution is 2.23. The molecule has 0 radical (unpaired) electrons. The molecule has 0 unspecified atom stereocenters. The van der Waals surface area contributed by atoms with Crippen LogP contribution in [0, 0.1) is 0 Å². The van der Waals surface area contributed by atoms with Gasteiger partial charge in [0.25, 0.3) is 11.8 Å². The van der Waals surface area contributed by atoms with Crippen LogP contribution in [0.25, 0.3) is 0 Å². The summed E-state index contributed by atoms with van der Waals surface area (Å²) in [6.45, 7) is 4.53. The predicted molar refractivity (Wildman–Crippen MR) is 119 cm³/mol. The van der Waals surface area contributed by atoms with Crippen LogP contribution in [0.1, 0.15) is 41.3 Å². The lowest BCUT2D eigenvalue weighted by molar-refractivity contribution is -0.118. The van der Waals surface area contributed by atoms with Gasteiger partial charge >= 0.3 is 0 Å². The van der Waals surface area contributed by atoms with E-state index in [1.807, 2.05) is 54.6 Å². The quantitative estimate of drug-likeness (QED) is 0.571. The van der Waals surface area contributed by atoms with Crippen molar-refractivity contribution in [3.8, 4) is 5.75 Å². The molecular formula is C25H26N2O3. The summed E-state index contributed by atoms with van der Waals surface area (Å²) in [6, 6.07) is 24.2. The molecule has 0 saturated heterocycles. The Morgan fingerprint density at radius 1 is 0.867 bits per heavy atom. The van der Waals surface area contributed by atoms with Crippen LogP contribution in [0.5, 0.6) is 5.75 Å². The third-order valence-corrected chi connectivity index (χ3v) is 4.64. The zero-order valence-corrected chi connectivity index (χ0v) is 17.2. The minimum Gasteiger partial charge on any atom is -0.484 e. The van der Waals surface area contributed by atoms with Crippen LogP contribution in [-0.2, 0) is 11.3 Å². The Morgan fingerprint density at radius 3 is 2.23 bits per heavy atom. The number of carbonyl (C=O) groups is 2. The summed E-state index contributed by atoms with van der Waals surface area (Å²) < 4.78 is 5.56. The van der Waals surface area contributed by atoms with Gasteiger partial charge in [0.15, 0.2) is 6.61 Å². The van der Waals surface area contributed by atoms with Gasteiger partial charge in [-0.15, -0.1) is 0 Å². The number of benzene rings is 3. The first-order valence-corrected chi connectivity index (χ1v) is 9.96. The zero-order chi connectivity index (χ0) is 21.3. The van der Waals surface area contributed by atoms with E-state index >= 15 is 0 Å². The largest absolute Gasteiger partial charge is 0.484 e. The number of carbonyl (C=O) groups excluding carboxylic acids is 2. The number of rotatable bonds is 8. The lowest BCUT2D eigenvalue weighted by Gasteiger charge is -2.14. The fourth-order valence-electron chi connectivity index (χ4n) is 3.03. The van der Waals surface area contributed by atoms with Crippen LogP contribution in [-0.4, -0.2) is 18.4 Å². The average molecular weight is 402 g/mol. The molecule has 5 nitrogen and oxygen atoms in total. The minimum atomic E-state index is -0.229. The Balaban J connectivity index is 1.49. The summed E-state index contributed by atoms with van der Waals surface area (Å²) >= 11 is 0. The standard InChI is InChI=1S/C25H26N2O3/c1-18(2)22-10-6-7-11-23(22)27-24(28)17-30-21-14-12-20(13-15-21)25(29)26-16-19-8-4-3-5-9-19/h3-15,18H,16-17H2,1-2H3,(H,26,29)(H,27,28). The second-order valence-electron chi connectivity index (χ2n) is 7.27. The number of amides is 2. The lowest BCUT2D eigenvalue weighted by atomic mass is 10.0. The van der Waals surface area contributed by atoms with Crippen molar-refractivity contribution in [2.75, 3.05) is 11.9 Å². The fourth-order valence-corrected chi connectivity index (χ4v) is 3.03. The molecular weight excluding hydrogens is 376 g/mol. The van der Waals surface area contributed by atoms with Crippen LogP contribution in [0.2, 0.25) is 0 Å². The van der Waals surface area contributed by atoms with Gasteiger partial charge in [-0.25, -0.2) is 0 Å². The molecule has 0 aliphatic carbocycles. The molecule has 0 aliphatic heterocycles. The number of ether oxygens (including phenoxy) is 1. The highest BCUT2D eigenvalue weighted by atomic mass is 16.5. The van der Waals surface area contributed by atoms with E-state index < -0.39 is 0 Å². The maximum Gasteiger partial charge on any atom is 0.262 e. The highest BCUT2D eigenvalue weighted by molar-refractivity contribution is 5.94. The maximum absolute atomic E-state index is 12.3. The third kappa shape index (κ3) is 5.95.